The van der Waals surface area contributed by atoms with E-state index in [-0.39, 0.29) is 29.2 Å². The number of primary amides is 1. The highest BCUT2D eigenvalue weighted by Crippen LogP contribution is 2.38. The Labute approximate surface area is 202 Å². The fraction of sp³-hybridized carbons (Fsp3) is 0.250. The number of halogens is 1. The molecule has 0 aliphatic rings. The average Bonchev–Trinajstić information content (AvgIpc) is 2.76. The second-order valence-corrected chi connectivity index (χ2v) is 10.6. The Bertz CT molecular complexity index is 1380. The fourth-order valence-electron chi connectivity index (χ4n) is 3.94. The molecule has 0 spiro atoms. The van der Waals surface area contributed by atoms with Gasteiger partial charge >= 0.3 is 0 Å². The first kappa shape index (κ1) is 25.3. The molecule has 1 aromatic heterocycles. The molecule has 0 saturated heterocycles. The number of nitrogens with two attached hydrogens (primary N) is 1. The summed E-state index contributed by atoms with van der Waals surface area (Å²) in [5.74, 6) is -1.00. The maximum atomic E-state index is 12.0. The van der Waals surface area contributed by atoms with E-state index in [1.54, 1.807) is 18.2 Å². The molecule has 1 heterocycles. The quantitative estimate of drug-likeness (QED) is 0.429. The molecule has 3 rings (SSSR count). The number of carbonyl (C=O) groups is 1. The molecular formula is C24H24ClN3O5S. The van der Waals surface area contributed by atoms with Crippen LogP contribution in [0, 0.1) is 11.8 Å². The van der Waals surface area contributed by atoms with Crippen LogP contribution in [-0.2, 0) is 21.1 Å². The van der Waals surface area contributed by atoms with Crippen LogP contribution in [-0.4, -0.2) is 25.6 Å². The number of hydrogen-bond acceptors (Lipinski definition) is 6. The normalized spacial score (nSPS) is 13.3. The lowest BCUT2D eigenvalue weighted by Crippen LogP contribution is -2.21. The number of aryl methyl sites for hydroxylation is 1. The smallest absolute Gasteiger partial charge is 0.251 e. The van der Waals surface area contributed by atoms with Crippen LogP contribution in [0.2, 0.25) is 5.02 Å². The number of aromatic amines is 1. The molecule has 10 heteroatoms. The summed E-state index contributed by atoms with van der Waals surface area (Å²) in [5, 5.41) is 3.86. The highest BCUT2D eigenvalue weighted by molar-refractivity contribution is 7.90. The molecule has 34 heavy (non-hydrogen) atoms. The third-order valence-corrected chi connectivity index (χ3v) is 7.02. The van der Waals surface area contributed by atoms with Gasteiger partial charge in [0.25, 0.3) is 5.56 Å². The second-order valence-electron chi connectivity index (χ2n) is 8.18. The number of hydrogen-bond donors (Lipinski definition) is 2. The lowest BCUT2D eigenvalue weighted by Gasteiger charge is -2.23. The minimum atomic E-state index is -3.37. The third kappa shape index (κ3) is 5.98. The van der Waals surface area contributed by atoms with Crippen molar-refractivity contribution in [2.45, 2.75) is 36.6 Å². The molecule has 3 N–H and O–H groups in total. The standard InChI is InChI=1S/C24H24ClN3O5S/c1-14-9-18(25)5-8-20(14)21(15-3-6-19(7-4-15)34(2,32)33)12-22(28-31)17-10-16(11-23(26)29)24(30)27-13-17/h3-10,13,21-22H,11-12H2,1-2H3,(H2,26,29)(H,27,30). The zero-order chi connectivity index (χ0) is 25.0. The molecule has 0 saturated carbocycles. The first-order chi connectivity index (χ1) is 16.0. The zero-order valence-electron chi connectivity index (χ0n) is 18.6. The molecule has 0 aliphatic heterocycles. The van der Waals surface area contributed by atoms with Crippen LogP contribution >= 0.6 is 11.6 Å². The van der Waals surface area contributed by atoms with Gasteiger partial charge in [-0.3, -0.25) is 9.59 Å². The molecule has 178 valence electrons. The number of nitrogens with one attached hydrogen (secondary N) is 1. The summed E-state index contributed by atoms with van der Waals surface area (Å²) in [6.45, 7) is 1.90. The molecule has 0 bridgehead atoms. The van der Waals surface area contributed by atoms with Gasteiger partial charge in [0, 0.05) is 29.0 Å². The van der Waals surface area contributed by atoms with Crippen molar-refractivity contribution in [3.05, 3.63) is 103 Å². The molecule has 2 aromatic carbocycles. The van der Waals surface area contributed by atoms with Crippen molar-refractivity contribution in [1.82, 2.24) is 4.98 Å². The summed E-state index contributed by atoms with van der Waals surface area (Å²) in [4.78, 5) is 38.0. The number of rotatable bonds is 9. The van der Waals surface area contributed by atoms with Crippen molar-refractivity contribution in [3.8, 4) is 0 Å². The molecular weight excluding hydrogens is 478 g/mol. The monoisotopic (exact) mass is 501 g/mol. The molecule has 8 nitrogen and oxygen atoms in total. The number of aromatic nitrogens is 1. The maximum Gasteiger partial charge on any atom is 0.251 e. The van der Waals surface area contributed by atoms with Crippen molar-refractivity contribution in [1.29, 1.82) is 0 Å². The zero-order valence-corrected chi connectivity index (χ0v) is 20.2. The van der Waals surface area contributed by atoms with Crippen LogP contribution in [0.25, 0.3) is 0 Å². The van der Waals surface area contributed by atoms with E-state index < -0.39 is 27.3 Å². The lowest BCUT2D eigenvalue weighted by molar-refractivity contribution is -0.117. The van der Waals surface area contributed by atoms with Crippen molar-refractivity contribution >= 4 is 27.3 Å². The Morgan fingerprint density at radius 1 is 1.12 bits per heavy atom. The van der Waals surface area contributed by atoms with Gasteiger partial charge in [-0.05, 0) is 65.9 Å². The van der Waals surface area contributed by atoms with Crippen molar-refractivity contribution in [3.63, 3.8) is 0 Å². The molecule has 0 aliphatic carbocycles. The Morgan fingerprint density at radius 2 is 1.79 bits per heavy atom. The van der Waals surface area contributed by atoms with E-state index in [0.717, 1.165) is 22.9 Å². The summed E-state index contributed by atoms with van der Waals surface area (Å²) in [5.41, 5.74) is 7.92. The topological polar surface area (TPSA) is 140 Å². The van der Waals surface area contributed by atoms with Crippen molar-refractivity contribution in [2.75, 3.05) is 6.26 Å². The van der Waals surface area contributed by atoms with Crippen LogP contribution in [0.3, 0.4) is 0 Å². The van der Waals surface area contributed by atoms with Gasteiger partial charge in [0.1, 0.15) is 6.04 Å². The Hall–Kier alpha value is -3.30. The van der Waals surface area contributed by atoms with Gasteiger partial charge in [-0.15, -0.1) is 0 Å². The van der Waals surface area contributed by atoms with E-state index in [2.05, 4.69) is 10.2 Å². The van der Waals surface area contributed by atoms with Crippen LogP contribution in [0.5, 0.6) is 0 Å². The second kappa shape index (κ2) is 10.3. The van der Waals surface area contributed by atoms with E-state index in [9.17, 15) is 22.9 Å². The van der Waals surface area contributed by atoms with Crippen LogP contribution in [0.15, 0.2) is 69.6 Å². The predicted molar refractivity (Wildman–Crippen MR) is 131 cm³/mol. The van der Waals surface area contributed by atoms with E-state index >= 15 is 0 Å². The SMILES string of the molecule is Cc1cc(Cl)ccc1C(CC(N=O)c1c[nH]c(=O)c(CC(N)=O)c1)c1ccc(S(C)(=O)=O)cc1. The summed E-state index contributed by atoms with van der Waals surface area (Å²) in [6, 6.07) is 12.5. The number of carbonyl (C=O) groups excluding carboxylic acids is 1. The highest BCUT2D eigenvalue weighted by atomic mass is 35.5. The first-order valence-electron chi connectivity index (χ1n) is 10.4. The lowest BCUT2D eigenvalue weighted by atomic mass is 9.82. The van der Waals surface area contributed by atoms with Crippen LogP contribution in [0.1, 0.15) is 46.2 Å². The molecule has 0 radical (unpaired) electrons. The van der Waals surface area contributed by atoms with E-state index in [1.807, 2.05) is 19.1 Å². The largest absolute Gasteiger partial charge is 0.369 e. The first-order valence-corrected chi connectivity index (χ1v) is 12.6. The summed E-state index contributed by atoms with van der Waals surface area (Å²) in [7, 11) is -3.37. The molecule has 1 amide bonds. The number of pyridine rings is 1. The molecule has 2 unspecified atom stereocenters. The van der Waals surface area contributed by atoms with Crippen molar-refractivity contribution in [2.24, 2.45) is 10.9 Å². The number of nitroso groups, excluding NO2 is 1. The molecule has 3 aromatic rings. The van der Waals surface area contributed by atoms with Gasteiger partial charge in [-0.25, -0.2) is 8.42 Å². The molecule has 0 fully saturated rings. The van der Waals surface area contributed by atoms with Gasteiger partial charge in [0.15, 0.2) is 9.84 Å². The highest BCUT2D eigenvalue weighted by Gasteiger charge is 2.25. The number of nitrogens with zero attached hydrogens (tertiary/aromatic N) is 1. The van der Waals surface area contributed by atoms with Gasteiger partial charge in [-0.2, -0.15) is 4.91 Å². The fourth-order valence-corrected chi connectivity index (χ4v) is 4.80. The predicted octanol–water partition coefficient (Wildman–Crippen LogP) is 3.80. The Morgan fingerprint density at radius 3 is 2.35 bits per heavy atom. The summed E-state index contributed by atoms with van der Waals surface area (Å²) in [6.07, 6.45) is 2.50. The van der Waals surface area contributed by atoms with Crippen LogP contribution < -0.4 is 11.3 Å². The van der Waals surface area contributed by atoms with Gasteiger partial charge in [0.05, 0.1) is 11.3 Å². The van der Waals surface area contributed by atoms with E-state index in [1.165, 1.54) is 24.4 Å². The third-order valence-electron chi connectivity index (χ3n) is 5.66. The van der Waals surface area contributed by atoms with Crippen molar-refractivity contribution < 1.29 is 13.2 Å². The van der Waals surface area contributed by atoms with Crippen LogP contribution in [0.4, 0.5) is 0 Å². The van der Waals surface area contributed by atoms with Gasteiger partial charge in [0.2, 0.25) is 5.91 Å². The maximum absolute atomic E-state index is 12.0. The van der Waals surface area contributed by atoms with E-state index in [0.29, 0.717) is 10.6 Å². The summed E-state index contributed by atoms with van der Waals surface area (Å²) < 4.78 is 23.8. The number of H-pyrrole nitrogens is 1. The van der Waals surface area contributed by atoms with Gasteiger partial charge in [-0.1, -0.05) is 35.0 Å². The van der Waals surface area contributed by atoms with E-state index in [4.69, 9.17) is 17.3 Å². The minimum Gasteiger partial charge on any atom is -0.369 e. The Balaban J connectivity index is 2.07. The minimum absolute atomic E-state index is 0.148. The number of benzene rings is 2. The Kier molecular flexibility index (Phi) is 7.68. The number of sulfone groups is 1. The summed E-state index contributed by atoms with van der Waals surface area (Å²) >= 11 is 6.13. The van der Waals surface area contributed by atoms with Gasteiger partial charge < -0.3 is 10.7 Å². The number of amides is 1. The molecule has 2 atom stereocenters. The average molecular weight is 502 g/mol.